The topological polar surface area (TPSA) is 57.3 Å². The van der Waals surface area contributed by atoms with Gasteiger partial charge in [0, 0.05) is 38.3 Å². The molecule has 7 heteroatoms. The van der Waals surface area contributed by atoms with Crippen LogP contribution in [0.3, 0.4) is 0 Å². The number of hydrogen-bond donors (Lipinski definition) is 2. The van der Waals surface area contributed by atoms with Crippen molar-refractivity contribution in [1.82, 2.24) is 15.6 Å². The van der Waals surface area contributed by atoms with Crippen molar-refractivity contribution in [3.05, 3.63) is 23.9 Å². The summed E-state index contributed by atoms with van der Waals surface area (Å²) in [5, 5.41) is 5.97. The predicted molar refractivity (Wildman–Crippen MR) is 104 cm³/mol. The Kier molecular flexibility index (Phi) is 11.0. The van der Waals surface area contributed by atoms with Gasteiger partial charge >= 0.3 is 0 Å². The zero-order chi connectivity index (χ0) is 15.9. The molecule has 138 valence electrons. The fraction of sp³-hybridized carbons (Fsp3) is 0.647. The highest BCUT2D eigenvalue weighted by Gasteiger charge is 2.16. The number of carbonyl (C=O) groups excluding carboxylic acids is 1. The molecule has 2 N–H and O–H groups in total. The molecule has 1 unspecified atom stereocenters. The maximum Gasteiger partial charge on any atom is 0.224 e. The number of rotatable bonds is 6. The van der Waals surface area contributed by atoms with Crippen molar-refractivity contribution in [2.45, 2.75) is 33.2 Å². The molecule has 0 aromatic carbocycles. The number of pyridine rings is 1. The molecule has 0 spiro atoms. The van der Waals surface area contributed by atoms with Crippen LogP contribution in [0, 0.1) is 11.8 Å². The maximum atomic E-state index is 11.9. The number of hydrogen-bond acceptors (Lipinski definition) is 4. The van der Waals surface area contributed by atoms with Crippen molar-refractivity contribution in [2.24, 2.45) is 11.8 Å². The summed E-state index contributed by atoms with van der Waals surface area (Å²) in [4.78, 5) is 18.8. The monoisotopic (exact) mass is 376 g/mol. The third-order valence-corrected chi connectivity index (χ3v) is 4.34. The lowest BCUT2D eigenvalue weighted by Gasteiger charge is -2.31. The van der Waals surface area contributed by atoms with Crippen LogP contribution in [0.15, 0.2) is 18.3 Å². The lowest BCUT2D eigenvalue weighted by atomic mass is 9.99. The molecule has 1 fully saturated rings. The molecule has 1 aromatic rings. The summed E-state index contributed by atoms with van der Waals surface area (Å²) in [6, 6.07) is 4.12. The van der Waals surface area contributed by atoms with Gasteiger partial charge in [0.1, 0.15) is 5.82 Å². The third kappa shape index (κ3) is 6.83. The van der Waals surface area contributed by atoms with Crippen LogP contribution in [0.25, 0.3) is 0 Å². The number of piperidine rings is 1. The van der Waals surface area contributed by atoms with Gasteiger partial charge in [-0.15, -0.1) is 24.8 Å². The molecule has 2 heterocycles. The first-order valence-corrected chi connectivity index (χ1v) is 8.22. The Morgan fingerprint density at radius 2 is 2.00 bits per heavy atom. The summed E-state index contributed by atoms with van der Waals surface area (Å²) in [7, 11) is 1.85. The van der Waals surface area contributed by atoms with E-state index < -0.39 is 0 Å². The van der Waals surface area contributed by atoms with E-state index in [-0.39, 0.29) is 36.6 Å². The van der Waals surface area contributed by atoms with Gasteiger partial charge in [0.05, 0.1) is 0 Å². The molecule has 1 aliphatic heterocycles. The van der Waals surface area contributed by atoms with E-state index in [0.717, 1.165) is 30.4 Å². The predicted octanol–water partition coefficient (Wildman–Crippen LogP) is 2.63. The smallest absolute Gasteiger partial charge is 0.224 e. The minimum atomic E-state index is -0.0208. The van der Waals surface area contributed by atoms with Crippen molar-refractivity contribution in [3.63, 3.8) is 0 Å². The zero-order valence-corrected chi connectivity index (χ0v) is 16.4. The first-order valence-electron chi connectivity index (χ1n) is 8.22. The molecule has 1 atom stereocenters. The van der Waals surface area contributed by atoms with Gasteiger partial charge in [-0.25, -0.2) is 4.98 Å². The van der Waals surface area contributed by atoms with Gasteiger partial charge in [0.15, 0.2) is 0 Å². The second-order valence-electron chi connectivity index (χ2n) is 6.37. The summed E-state index contributed by atoms with van der Waals surface area (Å²) in [5.74, 6) is 1.92. The summed E-state index contributed by atoms with van der Waals surface area (Å²) in [5.41, 5.74) is 1.04. The van der Waals surface area contributed by atoms with Gasteiger partial charge in [-0.2, -0.15) is 0 Å². The minimum absolute atomic E-state index is 0. The van der Waals surface area contributed by atoms with Crippen molar-refractivity contribution >= 4 is 36.5 Å². The Labute approximate surface area is 157 Å². The molecule has 0 saturated carbocycles. The number of aromatic nitrogens is 1. The molecule has 2 rings (SSSR count). The standard InChI is InChI=1S/C17H28N4O.2ClH/c1-13-6-8-21(9-7-13)16-5-4-15(11-19-16)12-20-17(22)14(2)10-18-3;;/h4-5,11,13-14,18H,6-10,12H2,1-3H3,(H,20,22);2*1H. The third-order valence-electron chi connectivity index (χ3n) is 4.34. The van der Waals surface area contributed by atoms with Gasteiger partial charge in [0.25, 0.3) is 0 Å². The number of nitrogens with zero attached hydrogens (tertiary/aromatic N) is 2. The van der Waals surface area contributed by atoms with Crippen molar-refractivity contribution in [3.8, 4) is 0 Å². The number of halogens is 2. The fourth-order valence-electron chi connectivity index (χ4n) is 2.71. The molecule has 0 radical (unpaired) electrons. The highest BCUT2D eigenvalue weighted by molar-refractivity contribution is 5.85. The Balaban J connectivity index is 0.00000264. The normalized spacial score (nSPS) is 15.9. The highest BCUT2D eigenvalue weighted by atomic mass is 35.5. The molecule has 0 bridgehead atoms. The van der Waals surface area contributed by atoms with E-state index >= 15 is 0 Å². The average molecular weight is 377 g/mol. The highest BCUT2D eigenvalue weighted by Crippen LogP contribution is 2.21. The summed E-state index contributed by atoms with van der Waals surface area (Å²) in [6.45, 7) is 7.64. The second-order valence-corrected chi connectivity index (χ2v) is 6.37. The molecule has 1 amide bonds. The van der Waals surface area contributed by atoms with Crippen LogP contribution in [0.1, 0.15) is 32.3 Å². The minimum Gasteiger partial charge on any atom is -0.357 e. The van der Waals surface area contributed by atoms with Crippen LogP contribution in [-0.2, 0) is 11.3 Å². The quantitative estimate of drug-likeness (QED) is 0.800. The molecule has 24 heavy (non-hydrogen) atoms. The molecule has 1 saturated heterocycles. The first kappa shape index (κ1) is 23.0. The number of carbonyl (C=O) groups is 1. The number of anilines is 1. The van der Waals surface area contributed by atoms with Gasteiger partial charge < -0.3 is 15.5 Å². The van der Waals surface area contributed by atoms with Crippen LogP contribution in [0.5, 0.6) is 0 Å². The van der Waals surface area contributed by atoms with E-state index in [1.54, 1.807) is 0 Å². The van der Waals surface area contributed by atoms with Gasteiger partial charge in [0.2, 0.25) is 5.91 Å². The van der Waals surface area contributed by atoms with E-state index in [4.69, 9.17) is 0 Å². The Bertz CT molecular complexity index is 476. The largest absolute Gasteiger partial charge is 0.357 e. The first-order chi connectivity index (χ1) is 10.6. The average Bonchev–Trinajstić information content (AvgIpc) is 2.54. The molecule has 5 nitrogen and oxygen atoms in total. The van der Waals surface area contributed by atoms with Crippen LogP contribution in [0.4, 0.5) is 5.82 Å². The van der Waals surface area contributed by atoms with Crippen LogP contribution >= 0.6 is 24.8 Å². The fourth-order valence-corrected chi connectivity index (χ4v) is 2.71. The SMILES string of the molecule is CNCC(C)C(=O)NCc1ccc(N2CCC(C)CC2)nc1.Cl.Cl. The Morgan fingerprint density at radius 1 is 1.33 bits per heavy atom. The van der Waals surface area contributed by atoms with E-state index in [0.29, 0.717) is 13.1 Å². The van der Waals surface area contributed by atoms with E-state index in [1.165, 1.54) is 12.8 Å². The zero-order valence-electron chi connectivity index (χ0n) is 14.7. The lowest BCUT2D eigenvalue weighted by molar-refractivity contribution is -0.124. The van der Waals surface area contributed by atoms with Crippen molar-refractivity contribution in [2.75, 3.05) is 31.6 Å². The van der Waals surface area contributed by atoms with E-state index in [1.807, 2.05) is 20.2 Å². The number of nitrogens with one attached hydrogen (secondary N) is 2. The lowest BCUT2D eigenvalue weighted by Crippen LogP contribution is -2.34. The second kappa shape index (κ2) is 11.5. The molecule has 1 aliphatic rings. The number of amides is 1. The van der Waals surface area contributed by atoms with Crippen molar-refractivity contribution in [1.29, 1.82) is 0 Å². The summed E-state index contributed by atoms with van der Waals surface area (Å²) in [6.07, 6.45) is 4.35. The van der Waals surface area contributed by atoms with Crippen molar-refractivity contribution < 1.29 is 4.79 Å². The Hall–Kier alpha value is -1.04. The van der Waals surface area contributed by atoms with Gasteiger partial charge in [-0.1, -0.05) is 19.9 Å². The molecular weight excluding hydrogens is 347 g/mol. The molecular formula is C17H30Cl2N4O. The molecule has 0 aliphatic carbocycles. The van der Waals surface area contributed by atoms with Gasteiger partial charge in [-0.3, -0.25) is 4.79 Å². The maximum absolute atomic E-state index is 11.9. The van der Waals surface area contributed by atoms with E-state index in [2.05, 4.69) is 39.6 Å². The Morgan fingerprint density at radius 3 is 2.54 bits per heavy atom. The summed E-state index contributed by atoms with van der Waals surface area (Å²) >= 11 is 0. The van der Waals surface area contributed by atoms with E-state index in [9.17, 15) is 4.79 Å². The molecule has 1 aromatic heterocycles. The van der Waals surface area contributed by atoms with Crippen LogP contribution < -0.4 is 15.5 Å². The van der Waals surface area contributed by atoms with Crippen LogP contribution in [-0.4, -0.2) is 37.6 Å². The summed E-state index contributed by atoms with van der Waals surface area (Å²) < 4.78 is 0. The van der Waals surface area contributed by atoms with Gasteiger partial charge in [-0.05, 0) is 37.4 Å². The van der Waals surface area contributed by atoms with Crippen LogP contribution in [0.2, 0.25) is 0 Å².